The number of nitrogens with one attached hydrogen (secondary N) is 1. The lowest BCUT2D eigenvalue weighted by Crippen LogP contribution is -2.45. The lowest BCUT2D eigenvalue weighted by molar-refractivity contribution is -0.126. The number of ether oxygens (including phenoxy) is 2. The van der Waals surface area contributed by atoms with Crippen molar-refractivity contribution in [1.82, 2.24) is 0 Å². The number of hydrogen-bond acceptors (Lipinski definition) is 4. The summed E-state index contributed by atoms with van der Waals surface area (Å²) in [6.45, 7) is 4.85. The molecule has 3 rings (SSSR count). The molecule has 7 heteroatoms. The van der Waals surface area contributed by atoms with Crippen molar-refractivity contribution in [1.29, 1.82) is 0 Å². The fourth-order valence-corrected chi connectivity index (χ4v) is 4.34. The van der Waals surface area contributed by atoms with Crippen LogP contribution >= 0.6 is 11.6 Å². The van der Waals surface area contributed by atoms with Crippen LogP contribution in [0.3, 0.4) is 0 Å². The molecule has 2 amide bonds. The zero-order valence-corrected chi connectivity index (χ0v) is 18.0. The van der Waals surface area contributed by atoms with Gasteiger partial charge in [0.2, 0.25) is 5.91 Å². The molecular weight excluding hydrogens is 404 g/mol. The summed E-state index contributed by atoms with van der Waals surface area (Å²) in [6.07, 6.45) is 0.487. The number of primary amides is 1. The Morgan fingerprint density at radius 1 is 1.20 bits per heavy atom. The molecule has 1 aliphatic rings. The number of carbonyl (C=O) groups is 2. The Morgan fingerprint density at radius 2 is 1.90 bits per heavy atom. The van der Waals surface area contributed by atoms with Gasteiger partial charge in [0.05, 0.1) is 5.92 Å². The average molecular weight is 431 g/mol. The number of carbonyl (C=O) groups excluding carboxylic acids is 2. The number of nitrogens with two attached hydrogens (primary N) is 1. The minimum absolute atomic E-state index is 0.0337. The van der Waals surface area contributed by atoms with Crippen molar-refractivity contribution in [3.8, 4) is 0 Å². The van der Waals surface area contributed by atoms with Gasteiger partial charge in [-0.3, -0.25) is 10.1 Å². The number of anilines is 1. The molecule has 2 aromatic rings. The van der Waals surface area contributed by atoms with Gasteiger partial charge < -0.3 is 15.2 Å². The summed E-state index contributed by atoms with van der Waals surface area (Å²) in [5, 5.41) is 3.24. The number of amides is 2. The molecule has 1 aliphatic heterocycles. The van der Waals surface area contributed by atoms with E-state index in [0.29, 0.717) is 42.3 Å². The van der Waals surface area contributed by atoms with Gasteiger partial charge in [0.1, 0.15) is 6.61 Å². The first-order chi connectivity index (χ1) is 14.3. The van der Waals surface area contributed by atoms with Crippen LogP contribution in [0.25, 0.3) is 0 Å². The summed E-state index contributed by atoms with van der Waals surface area (Å²) in [6, 6.07) is 12.9. The van der Waals surface area contributed by atoms with E-state index >= 15 is 0 Å². The molecule has 1 atom stereocenters. The lowest BCUT2D eigenvalue weighted by atomic mass is 9.67. The third-order valence-corrected chi connectivity index (χ3v) is 6.06. The van der Waals surface area contributed by atoms with Crippen LogP contribution in [0.2, 0.25) is 5.02 Å². The van der Waals surface area contributed by atoms with Crippen LogP contribution in [0.5, 0.6) is 0 Å². The first kappa shape index (κ1) is 22.1. The van der Waals surface area contributed by atoms with Gasteiger partial charge in [-0.15, -0.1) is 0 Å². The highest BCUT2D eigenvalue weighted by Gasteiger charge is 2.46. The van der Waals surface area contributed by atoms with Crippen molar-refractivity contribution in [2.45, 2.75) is 32.6 Å². The lowest BCUT2D eigenvalue weighted by Gasteiger charge is -2.41. The highest BCUT2D eigenvalue weighted by molar-refractivity contribution is 6.31. The zero-order valence-electron chi connectivity index (χ0n) is 17.2. The number of halogens is 1. The minimum atomic E-state index is -0.691. The molecule has 3 N–H and O–H groups in total. The molecule has 0 aliphatic carbocycles. The molecule has 6 nitrogen and oxygen atoms in total. The van der Waals surface area contributed by atoms with E-state index in [2.05, 4.69) is 5.32 Å². The summed E-state index contributed by atoms with van der Waals surface area (Å²) in [5.74, 6) is -1.19. The number of rotatable bonds is 6. The second-order valence-electron chi connectivity index (χ2n) is 7.85. The van der Waals surface area contributed by atoms with Gasteiger partial charge in [0, 0.05) is 29.3 Å². The van der Waals surface area contributed by atoms with Gasteiger partial charge in [0.25, 0.3) is 0 Å². The number of hydrogen-bond donors (Lipinski definition) is 2. The van der Waals surface area contributed by atoms with E-state index in [0.717, 1.165) is 11.1 Å². The van der Waals surface area contributed by atoms with Crippen LogP contribution in [0.4, 0.5) is 10.5 Å². The molecular formula is C23H27ClN2O4. The molecule has 1 heterocycles. The van der Waals surface area contributed by atoms with E-state index < -0.39 is 23.3 Å². The quantitative estimate of drug-likeness (QED) is 0.702. The predicted molar refractivity (Wildman–Crippen MR) is 117 cm³/mol. The van der Waals surface area contributed by atoms with E-state index in [1.54, 1.807) is 18.2 Å². The van der Waals surface area contributed by atoms with Gasteiger partial charge in [-0.25, -0.2) is 4.79 Å². The van der Waals surface area contributed by atoms with Crippen molar-refractivity contribution in [2.75, 3.05) is 25.1 Å². The number of benzene rings is 2. The SMILES string of the molecule is Cc1ccc(NC(=O)OCC2(C(C(N)=O)c3ccccc3Cl)CCOCC2)c(C)c1. The van der Waals surface area contributed by atoms with E-state index in [4.69, 9.17) is 26.8 Å². The summed E-state index contributed by atoms with van der Waals surface area (Å²) >= 11 is 6.39. The maximum Gasteiger partial charge on any atom is 0.411 e. The molecule has 30 heavy (non-hydrogen) atoms. The zero-order chi connectivity index (χ0) is 21.7. The normalized spacial score (nSPS) is 16.5. The molecule has 160 valence electrons. The van der Waals surface area contributed by atoms with Crippen LogP contribution in [0.1, 0.15) is 35.4 Å². The fourth-order valence-electron chi connectivity index (χ4n) is 4.10. The van der Waals surface area contributed by atoms with Crippen molar-refractivity contribution in [2.24, 2.45) is 11.1 Å². The molecule has 0 bridgehead atoms. The molecule has 1 unspecified atom stereocenters. The van der Waals surface area contributed by atoms with Crippen molar-refractivity contribution < 1.29 is 19.1 Å². The van der Waals surface area contributed by atoms with Gasteiger partial charge >= 0.3 is 6.09 Å². The van der Waals surface area contributed by atoms with Crippen molar-refractivity contribution in [3.05, 3.63) is 64.2 Å². The summed E-state index contributed by atoms with van der Waals surface area (Å²) in [4.78, 5) is 25.1. The fraction of sp³-hybridized carbons (Fsp3) is 0.391. The van der Waals surface area contributed by atoms with Crippen LogP contribution in [0.15, 0.2) is 42.5 Å². The molecule has 0 aromatic heterocycles. The van der Waals surface area contributed by atoms with E-state index in [1.165, 1.54) is 0 Å². The summed E-state index contributed by atoms with van der Waals surface area (Å²) < 4.78 is 11.1. The van der Waals surface area contributed by atoms with Crippen LogP contribution in [-0.2, 0) is 14.3 Å². The Morgan fingerprint density at radius 3 is 2.53 bits per heavy atom. The van der Waals surface area contributed by atoms with Gasteiger partial charge in [-0.2, -0.15) is 0 Å². The topological polar surface area (TPSA) is 90.6 Å². The monoisotopic (exact) mass is 430 g/mol. The standard InChI is InChI=1S/C23H27ClN2O4/c1-15-7-8-19(16(2)13-15)26-22(28)30-14-23(9-11-29-12-10-23)20(21(25)27)17-5-3-4-6-18(17)24/h3-8,13,20H,9-12,14H2,1-2H3,(H2,25,27)(H,26,28). The molecule has 0 saturated carbocycles. The third kappa shape index (κ3) is 4.94. The van der Waals surface area contributed by atoms with Gasteiger partial charge in [0.15, 0.2) is 0 Å². The Kier molecular flexibility index (Phi) is 7.00. The molecule has 1 fully saturated rings. The smallest absolute Gasteiger partial charge is 0.411 e. The van der Waals surface area contributed by atoms with Crippen LogP contribution in [-0.4, -0.2) is 31.8 Å². The van der Waals surface area contributed by atoms with Crippen molar-refractivity contribution in [3.63, 3.8) is 0 Å². The largest absolute Gasteiger partial charge is 0.449 e. The Hall–Kier alpha value is -2.57. The highest BCUT2D eigenvalue weighted by atomic mass is 35.5. The molecule has 0 radical (unpaired) electrons. The van der Waals surface area contributed by atoms with E-state index in [-0.39, 0.29) is 6.61 Å². The molecule has 2 aromatic carbocycles. The van der Waals surface area contributed by atoms with Crippen molar-refractivity contribution >= 4 is 29.3 Å². The predicted octanol–water partition coefficient (Wildman–Crippen LogP) is 4.57. The maximum absolute atomic E-state index is 12.5. The second kappa shape index (κ2) is 9.49. The van der Waals surface area contributed by atoms with Gasteiger partial charge in [-0.05, 0) is 49.9 Å². The maximum atomic E-state index is 12.5. The highest BCUT2D eigenvalue weighted by Crippen LogP contribution is 2.46. The Balaban J connectivity index is 1.81. The average Bonchev–Trinajstić information content (AvgIpc) is 2.71. The Labute approximate surface area is 181 Å². The summed E-state index contributed by atoms with van der Waals surface area (Å²) in [7, 11) is 0. The van der Waals surface area contributed by atoms with E-state index in [9.17, 15) is 9.59 Å². The van der Waals surface area contributed by atoms with Crippen LogP contribution in [0, 0.1) is 19.3 Å². The first-order valence-electron chi connectivity index (χ1n) is 9.95. The van der Waals surface area contributed by atoms with Crippen LogP contribution < -0.4 is 11.1 Å². The van der Waals surface area contributed by atoms with Gasteiger partial charge in [-0.1, -0.05) is 47.5 Å². The van der Waals surface area contributed by atoms with E-state index in [1.807, 2.05) is 38.1 Å². The molecule has 0 spiro atoms. The first-order valence-corrected chi connectivity index (χ1v) is 10.3. The molecule has 1 saturated heterocycles. The third-order valence-electron chi connectivity index (χ3n) is 5.71. The summed E-state index contributed by atoms with van der Waals surface area (Å²) in [5.41, 5.74) is 8.52. The second-order valence-corrected chi connectivity index (χ2v) is 8.26. The number of aryl methyl sites for hydroxylation is 2. The minimum Gasteiger partial charge on any atom is -0.449 e. The Bertz CT molecular complexity index is 925.